The van der Waals surface area contributed by atoms with Gasteiger partial charge in [-0.05, 0) is 41.5 Å². The molecule has 8 heteroatoms. The average molecular weight is 519 g/mol. The van der Waals surface area contributed by atoms with Gasteiger partial charge in [0.05, 0.1) is 32.2 Å². The predicted octanol–water partition coefficient (Wildman–Crippen LogP) is 5.51. The molecule has 8 nitrogen and oxygen atoms in total. The number of carbonyl (C=O) groups is 1. The minimum Gasteiger partial charge on any atom is -0.497 e. The second kappa shape index (κ2) is 9.98. The van der Waals surface area contributed by atoms with Crippen molar-refractivity contribution in [1.82, 2.24) is 9.97 Å². The highest BCUT2D eigenvalue weighted by Gasteiger charge is 2.47. The molecular formula is C31H26N4O4. The predicted molar refractivity (Wildman–Crippen MR) is 149 cm³/mol. The van der Waals surface area contributed by atoms with Gasteiger partial charge >= 0.3 is 0 Å². The van der Waals surface area contributed by atoms with E-state index in [1.807, 2.05) is 95.9 Å². The molecule has 4 aromatic rings. The van der Waals surface area contributed by atoms with Crippen molar-refractivity contribution in [3.63, 3.8) is 0 Å². The second-order valence-electron chi connectivity index (χ2n) is 9.16. The van der Waals surface area contributed by atoms with Gasteiger partial charge in [-0.25, -0.2) is 9.97 Å². The number of benzene rings is 3. The molecule has 1 aromatic heterocycles. The number of ether oxygens (including phenoxy) is 2. The number of aliphatic hydroxyl groups is 1. The maximum atomic E-state index is 14.2. The first-order chi connectivity index (χ1) is 19.1. The number of methoxy groups -OCH3 is 2. The number of aliphatic hydroxyl groups excluding tert-OH is 1. The fourth-order valence-corrected chi connectivity index (χ4v) is 5.18. The third-order valence-electron chi connectivity index (χ3n) is 6.99. The number of carbonyl (C=O) groups excluding carboxylic acids is 1. The molecule has 0 fully saturated rings. The SMILES string of the molecule is CO/C(O)=C1\C(=O)N(Cc2ccccc2)c2ncnc3c2C1N(c1ccc(OC)cc1)C(c1ccccc1)=C3. The summed E-state index contributed by atoms with van der Waals surface area (Å²) in [6.07, 6.45) is 3.47. The molecule has 1 unspecified atom stereocenters. The topological polar surface area (TPSA) is 88.0 Å². The maximum Gasteiger partial charge on any atom is 0.287 e. The lowest BCUT2D eigenvalue weighted by Gasteiger charge is -2.44. The van der Waals surface area contributed by atoms with Gasteiger partial charge in [0.25, 0.3) is 11.9 Å². The Morgan fingerprint density at radius 1 is 0.923 bits per heavy atom. The van der Waals surface area contributed by atoms with E-state index in [4.69, 9.17) is 9.47 Å². The molecule has 0 radical (unpaired) electrons. The summed E-state index contributed by atoms with van der Waals surface area (Å²) < 4.78 is 10.7. The number of aromatic nitrogens is 2. The number of hydrogen-bond donors (Lipinski definition) is 1. The van der Waals surface area contributed by atoms with Gasteiger partial charge < -0.3 is 19.5 Å². The summed E-state index contributed by atoms with van der Waals surface area (Å²) in [6.45, 7) is 0.272. The van der Waals surface area contributed by atoms with Crippen molar-refractivity contribution in [2.75, 3.05) is 24.0 Å². The highest BCUT2D eigenvalue weighted by molar-refractivity contribution is 6.12. The Morgan fingerprint density at radius 2 is 1.62 bits per heavy atom. The molecule has 1 amide bonds. The molecule has 0 bridgehead atoms. The van der Waals surface area contributed by atoms with E-state index in [9.17, 15) is 9.90 Å². The Balaban J connectivity index is 1.63. The molecule has 3 aromatic carbocycles. The summed E-state index contributed by atoms with van der Waals surface area (Å²) in [5.41, 5.74) is 4.94. The van der Waals surface area contributed by atoms with Crippen LogP contribution in [0.3, 0.4) is 0 Å². The van der Waals surface area contributed by atoms with Crippen LogP contribution in [0.2, 0.25) is 0 Å². The molecule has 194 valence electrons. The molecule has 2 aliphatic rings. The Morgan fingerprint density at radius 3 is 2.28 bits per heavy atom. The number of rotatable bonds is 6. The smallest absolute Gasteiger partial charge is 0.287 e. The largest absolute Gasteiger partial charge is 0.497 e. The molecule has 6 rings (SSSR count). The summed E-state index contributed by atoms with van der Waals surface area (Å²) in [5.74, 6) is 0.354. The highest BCUT2D eigenvalue weighted by Crippen LogP contribution is 2.51. The molecule has 1 N–H and O–H groups in total. The zero-order chi connectivity index (χ0) is 26.9. The van der Waals surface area contributed by atoms with Gasteiger partial charge in [0, 0.05) is 11.3 Å². The highest BCUT2D eigenvalue weighted by atomic mass is 16.6. The maximum absolute atomic E-state index is 14.2. The van der Waals surface area contributed by atoms with Crippen LogP contribution in [-0.4, -0.2) is 35.2 Å². The van der Waals surface area contributed by atoms with Gasteiger partial charge in [-0.2, -0.15) is 0 Å². The quantitative estimate of drug-likeness (QED) is 0.266. The van der Waals surface area contributed by atoms with E-state index in [0.717, 1.165) is 22.5 Å². The lowest BCUT2D eigenvalue weighted by atomic mass is 9.86. The fourth-order valence-electron chi connectivity index (χ4n) is 5.18. The molecule has 0 spiro atoms. The average Bonchev–Trinajstić information content (AvgIpc) is 2.99. The van der Waals surface area contributed by atoms with Crippen LogP contribution in [0, 0.1) is 0 Å². The monoisotopic (exact) mass is 518 g/mol. The van der Waals surface area contributed by atoms with Crippen LogP contribution in [0.15, 0.2) is 103 Å². The number of hydrogen-bond acceptors (Lipinski definition) is 7. The van der Waals surface area contributed by atoms with Crippen LogP contribution in [0.25, 0.3) is 11.8 Å². The molecule has 39 heavy (non-hydrogen) atoms. The Bertz CT molecular complexity index is 1580. The molecule has 3 heterocycles. The van der Waals surface area contributed by atoms with Crippen LogP contribution in [0.1, 0.15) is 28.4 Å². The van der Waals surface area contributed by atoms with Crippen molar-refractivity contribution >= 4 is 29.2 Å². The van der Waals surface area contributed by atoms with Crippen LogP contribution >= 0.6 is 0 Å². The lowest BCUT2D eigenvalue weighted by molar-refractivity contribution is -0.116. The number of nitrogens with zero attached hydrogens (tertiary/aromatic N) is 4. The molecule has 0 aliphatic carbocycles. The Labute approximate surface area is 226 Å². The van der Waals surface area contributed by atoms with Gasteiger partial charge in [-0.1, -0.05) is 60.7 Å². The summed E-state index contributed by atoms with van der Waals surface area (Å²) >= 11 is 0. The summed E-state index contributed by atoms with van der Waals surface area (Å²) in [6, 6.07) is 26.4. The van der Waals surface area contributed by atoms with Gasteiger partial charge in [0.1, 0.15) is 29.5 Å². The zero-order valence-corrected chi connectivity index (χ0v) is 21.5. The van der Waals surface area contributed by atoms with Gasteiger partial charge in [-0.15, -0.1) is 0 Å². The van der Waals surface area contributed by atoms with Crippen molar-refractivity contribution in [2.24, 2.45) is 0 Å². The van der Waals surface area contributed by atoms with Gasteiger partial charge in [0.2, 0.25) is 0 Å². The fraction of sp³-hybridized carbons (Fsp3) is 0.129. The van der Waals surface area contributed by atoms with Crippen LogP contribution in [0.4, 0.5) is 11.5 Å². The summed E-state index contributed by atoms with van der Waals surface area (Å²) in [7, 11) is 2.97. The van der Waals surface area contributed by atoms with Crippen molar-refractivity contribution in [2.45, 2.75) is 12.6 Å². The van der Waals surface area contributed by atoms with E-state index in [1.165, 1.54) is 13.4 Å². The van der Waals surface area contributed by atoms with E-state index < -0.39 is 17.9 Å². The summed E-state index contributed by atoms with van der Waals surface area (Å²) in [5, 5.41) is 11.1. The molecule has 1 atom stereocenters. The third kappa shape index (κ3) is 4.16. The lowest BCUT2D eigenvalue weighted by Crippen LogP contribution is -2.46. The standard InChI is InChI=1S/C31H26N4O4/c1-38-23-15-13-22(14-16-23)35-25(21-11-7-4-8-12-21)17-24-26-28(35)27(31(37)39-2)30(36)34(29(26)33-19-32-24)18-20-9-5-3-6-10-20/h3-17,19,28,37H,18H2,1-2H3/b31-27-. The minimum absolute atomic E-state index is 0.106. The first-order valence-electron chi connectivity index (χ1n) is 12.5. The Kier molecular flexibility index (Phi) is 6.20. The molecular weight excluding hydrogens is 492 g/mol. The number of amides is 1. The number of anilines is 2. The van der Waals surface area contributed by atoms with Crippen LogP contribution < -0.4 is 14.5 Å². The van der Waals surface area contributed by atoms with Crippen LogP contribution in [-0.2, 0) is 16.1 Å². The zero-order valence-electron chi connectivity index (χ0n) is 21.5. The second-order valence-corrected chi connectivity index (χ2v) is 9.16. The van der Waals surface area contributed by atoms with Crippen molar-refractivity contribution in [3.05, 3.63) is 125 Å². The molecule has 0 saturated carbocycles. The van der Waals surface area contributed by atoms with E-state index >= 15 is 0 Å². The van der Waals surface area contributed by atoms with E-state index in [2.05, 4.69) is 9.97 Å². The van der Waals surface area contributed by atoms with Crippen molar-refractivity contribution in [3.8, 4) is 5.75 Å². The summed E-state index contributed by atoms with van der Waals surface area (Å²) in [4.78, 5) is 27.0. The normalized spacial score (nSPS) is 17.3. The Hall–Kier alpha value is -5.11. The van der Waals surface area contributed by atoms with Crippen molar-refractivity contribution in [1.29, 1.82) is 0 Å². The molecule has 0 saturated heterocycles. The third-order valence-corrected chi connectivity index (χ3v) is 6.99. The van der Waals surface area contributed by atoms with Crippen LogP contribution in [0.5, 0.6) is 5.75 Å². The molecule has 2 aliphatic heterocycles. The van der Waals surface area contributed by atoms with E-state index in [1.54, 1.807) is 12.0 Å². The van der Waals surface area contributed by atoms with Gasteiger partial charge in [0.15, 0.2) is 0 Å². The first-order valence-corrected chi connectivity index (χ1v) is 12.5. The van der Waals surface area contributed by atoms with E-state index in [-0.39, 0.29) is 12.1 Å². The van der Waals surface area contributed by atoms with Gasteiger partial charge in [-0.3, -0.25) is 9.69 Å². The first kappa shape index (κ1) is 24.2. The van der Waals surface area contributed by atoms with E-state index in [0.29, 0.717) is 22.8 Å². The minimum atomic E-state index is -0.746. The van der Waals surface area contributed by atoms with Crippen molar-refractivity contribution < 1.29 is 19.4 Å².